The zero-order chi connectivity index (χ0) is 12.0. The minimum atomic E-state index is 0.236. The zero-order valence-corrected chi connectivity index (χ0v) is 9.55. The Bertz CT molecular complexity index is 599. The van der Waals surface area contributed by atoms with Crippen molar-refractivity contribution in [2.75, 3.05) is 18.9 Å². The number of hydrogen-bond acceptors (Lipinski definition) is 5. The number of allylic oxidation sites excluding steroid dienone is 1. The predicted molar refractivity (Wildman–Crippen MR) is 64.3 cm³/mol. The van der Waals surface area contributed by atoms with Crippen LogP contribution in [0.2, 0.25) is 0 Å². The molecule has 3 rings (SSSR count). The molecule has 0 saturated carbocycles. The first-order chi connectivity index (χ1) is 8.18. The molecule has 0 unspecified atom stereocenters. The number of anilines is 1. The first kappa shape index (κ1) is 10.2. The quantitative estimate of drug-likeness (QED) is 0.834. The summed E-state index contributed by atoms with van der Waals surface area (Å²) >= 11 is 0. The van der Waals surface area contributed by atoms with Gasteiger partial charge in [-0.25, -0.2) is 14.6 Å². The van der Waals surface area contributed by atoms with E-state index in [9.17, 15) is 0 Å². The second-order valence-corrected chi connectivity index (χ2v) is 4.22. The van der Waals surface area contributed by atoms with Crippen molar-refractivity contribution in [2.24, 2.45) is 0 Å². The Morgan fingerprint density at radius 3 is 2.88 bits per heavy atom. The number of nitrogens with two attached hydrogens (primary N) is 1. The van der Waals surface area contributed by atoms with Gasteiger partial charge in [0.2, 0.25) is 0 Å². The molecule has 0 aromatic carbocycles. The third-order valence-corrected chi connectivity index (χ3v) is 2.89. The van der Waals surface area contributed by atoms with E-state index in [4.69, 9.17) is 10.5 Å². The summed E-state index contributed by atoms with van der Waals surface area (Å²) in [7, 11) is 0. The highest BCUT2D eigenvalue weighted by Gasteiger charge is 2.26. The second-order valence-electron chi connectivity index (χ2n) is 4.22. The molecule has 3 heterocycles. The van der Waals surface area contributed by atoms with Crippen LogP contribution in [-0.2, 0) is 4.74 Å². The lowest BCUT2D eigenvalue weighted by Gasteiger charge is -2.26. The smallest absolute Gasteiger partial charge is 0.164 e. The van der Waals surface area contributed by atoms with E-state index in [1.165, 1.54) is 6.33 Å². The number of fused-ring (bicyclic) bond motifs is 1. The molecule has 6 heteroatoms. The molecule has 2 aromatic rings. The third kappa shape index (κ3) is 1.41. The van der Waals surface area contributed by atoms with Gasteiger partial charge in [0.05, 0.1) is 18.6 Å². The number of aromatic nitrogens is 4. The molecule has 2 aromatic heterocycles. The van der Waals surface area contributed by atoms with E-state index in [-0.39, 0.29) is 6.04 Å². The molecule has 17 heavy (non-hydrogen) atoms. The minimum absolute atomic E-state index is 0.236. The van der Waals surface area contributed by atoms with Gasteiger partial charge in [0, 0.05) is 0 Å². The van der Waals surface area contributed by atoms with Crippen molar-refractivity contribution < 1.29 is 4.74 Å². The van der Waals surface area contributed by atoms with Gasteiger partial charge in [-0.3, -0.25) is 0 Å². The Labute approximate surface area is 98.1 Å². The van der Waals surface area contributed by atoms with Crippen LogP contribution in [0.25, 0.3) is 16.6 Å². The lowest BCUT2D eigenvalue weighted by molar-refractivity contribution is -0.0269. The summed E-state index contributed by atoms with van der Waals surface area (Å²) in [5, 5.41) is 5.31. The molecule has 6 nitrogen and oxygen atoms in total. The monoisotopic (exact) mass is 231 g/mol. The fourth-order valence-electron chi connectivity index (χ4n) is 1.91. The number of nitrogens with zero attached hydrogens (tertiary/aromatic N) is 4. The van der Waals surface area contributed by atoms with Crippen LogP contribution in [0, 0.1) is 0 Å². The summed E-state index contributed by atoms with van der Waals surface area (Å²) < 4.78 is 7.04. The maximum absolute atomic E-state index is 5.89. The van der Waals surface area contributed by atoms with Gasteiger partial charge in [0.1, 0.15) is 23.9 Å². The molecule has 0 radical (unpaired) electrons. The minimum Gasteiger partial charge on any atom is -0.383 e. The summed E-state index contributed by atoms with van der Waals surface area (Å²) in [4.78, 5) is 8.27. The lowest BCUT2D eigenvalue weighted by atomic mass is 10.2. The Morgan fingerprint density at radius 2 is 2.29 bits per heavy atom. The normalized spacial score (nSPS) is 16.1. The summed E-state index contributed by atoms with van der Waals surface area (Å²) in [5.41, 5.74) is 8.27. The van der Waals surface area contributed by atoms with Crippen LogP contribution in [0.5, 0.6) is 0 Å². The SMILES string of the molecule is C=C(C)c1nn(C2COC2)c2ncnc(N)c12. The summed E-state index contributed by atoms with van der Waals surface area (Å²) in [6.45, 7) is 7.14. The molecular weight excluding hydrogens is 218 g/mol. The average Bonchev–Trinajstić information content (AvgIpc) is 2.57. The first-order valence-electron chi connectivity index (χ1n) is 5.41. The van der Waals surface area contributed by atoms with Gasteiger partial charge in [0.25, 0.3) is 0 Å². The average molecular weight is 231 g/mol. The molecule has 1 fully saturated rings. The lowest BCUT2D eigenvalue weighted by Crippen LogP contribution is -2.31. The van der Waals surface area contributed by atoms with Crippen LogP contribution in [0.1, 0.15) is 18.7 Å². The molecule has 0 amide bonds. The van der Waals surface area contributed by atoms with Gasteiger partial charge in [-0.15, -0.1) is 0 Å². The van der Waals surface area contributed by atoms with E-state index in [0.29, 0.717) is 19.0 Å². The van der Waals surface area contributed by atoms with Gasteiger partial charge >= 0.3 is 0 Å². The number of ether oxygens (including phenoxy) is 1. The molecule has 88 valence electrons. The third-order valence-electron chi connectivity index (χ3n) is 2.89. The van der Waals surface area contributed by atoms with Crippen LogP contribution in [0.4, 0.5) is 5.82 Å². The standard InChI is InChI=1S/C11H13N5O/c1-6(2)9-8-10(12)13-5-14-11(8)16(15-9)7-3-17-4-7/h5,7H,1,3-4H2,2H3,(H2,12,13,14). The summed E-state index contributed by atoms with van der Waals surface area (Å²) in [6, 6.07) is 0.236. The highest BCUT2D eigenvalue weighted by atomic mass is 16.5. The van der Waals surface area contributed by atoms with Crippen molar-refractivity contribution in [3.8, 4) is 0 Å². The zero-order valence-electron chi connectivity index (χ0n) is 9.55. The van der Waals surface area contributed by atoms with Crippen molar-refractivity contribution in [3.05, 3.63) is 18.6 Å². The highest BCUT2D eigenvalue weighted by Crippen LogP contribution is 2.29. The van der Waals surface area contributed by atoms with Crippen LogP contribution in [0.15, 0.2) is 12.9 Å². The molecule has 1 aliphatic rings. The second kappa shape index (κ2) is 3.53. The van der Waals surface area contributed by atoms with Gasteiger partial charge < -0.3 is 10.5 Å². The first-order valence-corrected chi connectivity index (χ1v) is 5.41. The Kier molecular flexibility index (Phi) is 2.12. The van der Waals surface area contributed by atoms with Crippen LogP contribution >= 0.6 is 0 Å². The van der Waals surface area contributed by atoms with E-state index in [1.54, 1.807) is 0 Å². The largest absolute Gasteiger partial charge is 0.383 e. The van der Waals surface area contributed by atoms with E-state index in [0.717, 1.165) is 22.3 Å². The highest BCUT2D eigenvalue weighted by molar-refractivity contribution is 5.94. The van der Waals surface area contributed by atoms with Gasteiger partial charge in [0.15, 0.2) is 5.65 Å². The Balaban J connectivity index is 2.30. The van der Waals surface area contributed by atoms with Crippen molar-refractivity contribution in [2.45, 2.75) is 13.0 Å². The maximum atomic E-state index is 5.89. The molecule has 0 aliphatic carbocycles. The van der Waals surface area contributed by atoms with E-state index in [2.05, 4.69) is 21.6 Å². The fraction of sp³-hybridized carbons (Fsp3) is 0.364. The topological polar surface area (TPSA) is 78.8 Å². The Hall–Kier alpha value is -1.95. The molecule has 0 bridgehead atoms. The number of nitrogen functional groups attached to an aromatic ring is 1. The molecule has 1 saturated heterocycles. The molecule has 1 aliphatic heterocycles. The molecular formula is C11H13N5O. The number of rotatable bonds is 2. The Morgan fingerprint density at radius 1 is 1.53 bits per heavy atom. The van der Waals surface area contributed by atoms with Crippen LogP contribution in [0.3, 0.4) is 0 Å². The van der Waals surface area contributed by atoms with E-state index >= 15 is 0 Å². The van der Waals surface area contributed by atoms with Crippen molar-refractivity contribution in [1.29, 1.82) is 0 Å². The molecule has 0 spiro atoms. The van der Waals surface area contributed by atoms with Crippen LogP contribution < -0.4 is 5.73 Å². The van der Waals surface area contributed by atoms with Crippen molar-refractivity contribution in [3.63, 3.8) is 0 Å². The van der Waals surface area contributed by atoms with Crippen LogP contribution in [-0.4, -0.2) is 33.0 Å². The number of hydrogen-bond donors (Lipinski definition) is 1. The molecule has 0 atom stereocenters. The fourth-order valence-corrected chi connectivity index (χ4v) is 1.91. The van der Waals surface area contributed by atoms with Crippen molar-refractivity contribution in [1.82, 2.24) is 19.7 Å². The predicted octanol–water partition coefficient (Wildman–Crippen LogP) is 1.01. The van der Waals surface area contributed by atoms with Gasteiger partial charge in [-0.1, -0.05) is 6.58 Å². The van der Waals surface area contributed by atoms with Gasteiger partial charge in [-0.2, -0.15) is 5.10 Å². The summed E-state index contributed by atoms with van der Waals surface area (Å²) in [5.74, 6) is 0.444. The van der Waals surface area contributed by atoms with Gasteiger partial charge in [-0.05, 0) is 12.5 Å². The summed E-state index contributed by atoms with van der Waals surface area (Å²) in [6.07, 6.45) is 1.46. The van der Waals surface area contributed by atoms with E-state index < -0.39 is 0 Å². The maximum Gasteiger partial charge on any atom is 0.164 e. The van der Waals surface area contributed by atoms with E-state index in [1.807, 2.05) is 11.6 Å². The molecule has 2 N–H and O–H groups in total. The van der Waals surface area contributed by atoms with Crippen molar-refractivity contribution >= 4 is 22.4 Å².